The molecule has 0 aliphatic rings. The van der Waals surface area contributed by atoms with Gasteiger partial charge in [0.15, 0.2) is 0 Å². The Kier molecular flexibility index (Phi) is 10.1. The fraction of sp³-hybridized carbons (Fsp3) is 0.0513. The van der Waals surface area contributed by atoms with Crippen LogP contribution in [0.1, 0.15) is 11.1 Å². The van der Waals surface area contributed by atoms with Gasteiger partial charge in [0.25, 0.3) is 0 Å². The predicted molar refractivity (Wildman–Crippen MR) is 178 cm³/mol. The van der Waals surface area contributed by atoms with Crippen molar-refractivity contribution in [2.45, 2.75) is 13.8 Å². The van der Waals surface area contributed by atoms with E-state index in [1.165, 1.54) is 12.7 Å². The van der Waals surface area contributed by atoms with Crippen LogP contribution in [-0.2, 0) is 40.8 Å². The summed E-state index contributed by atoms with van der Waals surface area (Å²) in [6.07, 6.45) is 6.46. The van der Waals surface area contributed by atoms with Gasteiger partial charge in [0, 0.05) is 35.4 Å². The molecule has 0 saturated carbocycles. The van der Waals surface area contributed by atoms with Crippen molar-refractivity contribution in [3.8, 4) is 51.5 Å². The molecule has 49 heavy (non-hydrogen) atoms. The fourth-order valence-corrected chi connectivity index (χ4v) is 5.50. The third kappa shape index (κ3) is 6.78. The molecule has 0 aliphatic heterocycles. The third-order valence-electron chi connectivity index (χ3n) is 7.75. The number of benzene rings is 4. The van der Waals surface area contributed by atoms with Crippen LogP contribution in [0.25, 0.3) is 50.3 Å². The van der Waals surface area contributed by atoms with Crippen molar-refractivity contribution < 1.29 is 50.3 Å². The molecular formula is C39H24N6O2Pd2. The van der Waals surface area contributed by atoms with Gasteiger partial charge in [-0.15, -0.1) is 70.8 Å². The first-order valence-electron chi connectivity index (χ1n) is 14.9. The molecule has 10 heteroatoms. The Balaban J connectivity index is 0.00000208. The summed E-state index contributed by atoms with van der Waals surface area (Å²) in [5.74, 6) is 2.54. The number of fused-ring (bicyclic) bond motifs is 3. The molecule has 0 aliphatic carbocycles. The van der Waals surface area contributed by atoms with Gasteiger partial charge >= 0.3 is 40.8 Å². The van der Waals surface area contributed by atoms with Gasteiger partial charge in [0.05, 0.1) is 0 Å². The van der Waals surface area contributed by atoms with Gasteiger partial charge in [0.2, 0.25) is 5.95 Å². The monoisotopic (exact) mass is 820 g/mol. The Labute approximate surface area is 310 Å². The van der Waals surface area contributed by atoms with Crippen molar-refractivity contribution in [1.82, 2.24) is 29.5 Å². The largest absolute Gasteiger partial charge is 2.00 e. The molecular weight excluding hydrogens is 797 g/mol. The van der Waals surface area contributed by atoms with Crippen LogP contribution >= 0.6 is 0 Å². The number of aromatic nitrogens is 6. The number of hydrogen-bond acceptors (Lipinski definition) is 7. The van der Waals surface area contributed by atoms with Crippen molar-refractivity contribution in [2.24, 2.45) is 0 Å². The van der Waals surface area contributed by atoms with E-state index in [-0.39, 0.29) is 40.8 Å². The maximum atomic E-state index is 6.30. The topological polar surface area (TPSA) is 87.8 Å². The van der Waals surface area contributed by atoms with Gasteiger partial charge < -0.3 is 24.0 Å². The molecule has 8 nitrogen and oxygen atoms in total. The summed E-state index contributed by atoms with van der Waals surface area (Å²) < 4.78 is 14.5. The van der Waals surface area contributed by atoms with Crippen LogP contribution in [0, 0.1) is 38.1 Å². The molecule has 0 N–H and O–H groups in total. The minimum atomic E-state index is 0. The van der Waals surface area contributed by atoms with E-state index < -0.39 is 0 Å². The second-order valence-corrected chi connectivity index (χ2v) is 10.8. The standard InChI is InChI=1S/C39H24N6O2.2Pd/c1-25-9-11-27(19-33(25)35-7-3-5-17-41-35)46-29-13-15-31-32-16-14-30(22-38(32)45(37(31)21-29)39-43-23-40-24-44-39)47-28-12-10-26(2)34(20-28)36-8-4-6-18-42-36;;/h3-18,23-24H,1-2H3;;/q-4;2*+2. The zero-order chi connectivity index (χ0) is 31.7. The second kappa shape index (κ2) is 14.6. The number of nitrogens with zero attached hydrogens (tertiary/aromatic N) is 6. The van der Waals surface area contributed by atoms with Gasteiger partial charge in [-0.1, -0.05) is 61.3 Å². The Hall–Kier alpha value is -5.09. The number of ether oxygens (including phenoxy) is 2. The van der Waals surface area contributed by atoms with Gasteiger partial charge in [-0.3, -0.25) is 0 Å². The first-order chi connectivity index (χ1) is 23.1. The van der Waals surface area contributed by atoms with Crippen LogP contribution in [0.3, 0.4) is 0 Å². The number of pyridine rings is 2. The molecule has 8 aromatic rings. The zero-order valence-corrected chi connectivity index (χ0v) is 29.1. The SMILES string of the molecule is Cc1ccc(Oc2[c-]c3c(cc2)c2ccc(Oc4[c-]c(-c5ccccn5)c(C)cc4)[c-]c2n3-c2ncncn2)[c-]c1-c1ccccn1.[Pd+2].[Pd+2]. The van der Waals surface area contributed by atoms with E-state index in [0.29, 0.717) is 40.0 Å². The van der Waals surface area contributed by atoms with E-state index in [1.807, 2.05) is 103 Å². The van der Waals surface area contributed by atoms with Gasteiger partial charge in [-0.2, -0.15) is 22.9 Å². The Morgan fingerprint density at radius 2 is 0.959 bits per heavy atom. The summed E-state index contributed by atoms with van der Waals surface area (Å²) >= 11 is 0. The van der Waals surface area contributed by atoms with E-state index in [4.69, 9.17) is 9.47 Å². The minimum absolute atomic E-state index is 0. The quantitative estimate of drug-likeness (QED) is 0.118. The summed E-state index contributed by atoms with van der Waals surface area (Å²) in [7, 11) is 0. The van der Waals surface area contributed by atoms with Crippen molar-refractivity contribution in [3.05, 3.63) is 145 Å². The molecule has 4 aromatic carbocycles. The van der Waals surface area contributed by atoms with Crippen molar-refractivity contribution in [3.63, 3.8) is 0 Å². The summed E-state index contributed by atoms with van der Waals surface area (Å²) in [6, 6.07) is 40.8. The predicted octanol–water partition coefficient (Wildman–Crippen LogP) is 8.49. The summed E-state index contributed by atoms with van der Waals surface area (Å²) in [4.78, 5) is 21.9. The molecule has 8 rings (SSSR count). The Morgan fingerprint density at radius 1 is 0.510 bits per heavy atom. The van der Waals surface area contributed by atoms with E-state index in [0.717, 1.165) is 44.4 Å². The van der Waals surface area contributed by atoms with Crippen LogP contribution in [0.4, 0.5) is 0 Å². The molecule has 4 heterocycles. The van der Waals surface area contributed by atoms with Gasteiger partial charge in [-0.05, 0) is 23.5 Å². The van der Waals surface area contributed by atoms with Crippen LogP contribution in [0.15, 0.2) is 110 Å². The summed E-state index contributed by atoms with van der Waals surface area (Å²) in [6.45, 7) is 4.06. The summed E-state index contributed by atoms with van der Waals surface area (Å²) in [5, 5.41) is 1.86. The maximum absolute atomic E-state index is 6.30. The minimum Gasteiger partial charge on any atom is -0.503 e. The van der Waals surface area contributed by atoms with Crippen molar-refractivity contribution >= 4 is 21.8 Å². The molecule has 0 bridgehead atoms. The summed E-state index contributed by atoms with van der Waals surface area (Å²) in [5.41, 5.74) is 6.95. The molecule has 0 radical (unpaired) electrons. The molecule has 0 saturated heterocycles. The smallest absolute Gasteiger partial charge is 0.503 e. The Bertz CT molecular complexity index is 2240. The van der Waals surface area contributed by atoms with Gasteiger partial charge in [-0.25, -0.2) is 15.0 Å². The molecule has 4 aromatic heterocycles. The van der Waals surface area contributed by atoms with E-state index in [1.54, 1.807) is 12.4 Å². The third-order valence-corrected chi connectivity index (χ3v) is 7.75. The fourth-order valence-electron chi connectivity index (χ4n) is 5.50. The van der Waals surface area contributed by atoms with E-state index >= 15 is 0 Å². The van der Waals surface area contributed by atoms with Crippen molar-refractivity contribution in [2.75, 3.05) is 0 Å². The van der Waals surface area contributed by atoms with Crippen molar-refractivity contribution in [1.29, 1.82) is 0 Å². The Morgan fingerprint density at radius 3 is 1.41 bits per heavy atom. The molecule has 0 amide bonds. The maximum Gasteiger partial charge on any atom is 2.00 e. The van der Waals surface area contributed by atoms with Crippen LogP contribution in [0.5, 0.6) is 23.0 Å². The molecule has 0 unspecified atom stereocenters. The molecule has 242 valence electrons. The van der Waals surface area contributed by atoms with Crippen LogP contribution in [-0.4, -0.2) is 29.5 Å². The van der Waals surface area contributed by atoms with Crippen LogP contribution < -0.4 is 9.47 Å². The number of aryl methyl sites for hydroxylation is 2. The van der Waals surface area contributed by atoms with E-state index in [2.05, 4.69) is 49.2 Å². The molecule has 0 spiro atoms. The van der Waals surface area contributed by atoms with E-state index in [9.17, 15) is 0 Å². The van der Waals surface area contributed by atoms with Gasteiger partial charge in [0.1, 0.15) is 12.7 Å². The molecule has 0 fully saturated rings. The molecule has 0 atom stereocenters. The number of rotatable bonds is 7. The first-order valence-corrected chi connectivity index (χ1v) is 14.9. The normalized spacial score (nSPS) is 10.7. The average molecular weight is 822 g/mol. The average Bonchev–Trinajstić information content (AvgIpc) is 3.44. The number of hydrogen-bond donors (Lipinski definition) is 0. The van der Waals surface area contributed by atoms with Crippen LogP contribution in [0.2, 0.25) is 0 Å². The second-order valence-electron chi connectivity index (χ2n) is 10.8. The zero-order valence-electron chi connectivity index (χ0n) is 26.0. The first kappa shape index (κ1) is 33.8.